The van der Waals surface area contributed by atoms with E-state index in [2.05, 4.69) is 15.5 Å². The normalized spacial score (nSPS) is 13.9. The molecule has 0 saturated carbocycles. The van der Waals surface area contributed by atoms with Crippen LogP contribution in [0.3, 0.4) is 0 Å². The first-order valence-electron chi connectivity index (χ1n) is 15.0. The predicted molar refractivity (Wildman–Crippen MR) is 184 cm³/mol. The Bertz CT molecular complexity index is 2100. The second-order valence-electron chi connectivity index (χ2n) is 11.4. The molecule has 0 aliphatic rings. The molecule has 10 nitrogen and oxygen atoms in total. The number of rotatable bonds is 13. The number of sulfone groups is 1. The van der Waals surface area contributed by atoms with Crippen molar-refractivity contribution in [1.82, 2.24) is 20.0 Å². The average Bonchev–Trinajstić information content (AvgIpc) is 3.75. The van der Waals surface area contributed by atoms with Crippen molar-refractivity contribution in [2.24, 2.45) is 11.7 Å². The summed E-state index contributed by atoms with van der Waals surface area (Å²) in [5.74, 6) is -4.01. The number of thioether (sulfide) groups is 1. The Labute approximate surface area is 286 Å². The quantitative estimate of drug-likeness (QED) is 0.147. The molecule has 254 valence electrons. The Balaban J connectivity index is 1.66. The van der Waals surface area contributed by atoms with Crippen LogP contribution in [0.4, 0.5) is 8.78 Å². The number of aromatic nitrogens is 3. The zero-order valence-electron chi connectivity index (χ0n) is 26.8. The van der Waals surface area contributed by atoms with E-state index in [1.165, 1.54) is 68.1 Å². The molecule has 2 aromatic heterocycles. The molecule has 0 aliphatic heterocycles. The maximum absolute atomic E-state index is 14.3. The smallest absolute Gasteiger partial charge is 0.259 e. The molecule has 0 aliphatic carbocycles. The number of imidazole rings is 1. The van der Waals surface area contributed by atoms with Gasteiger partial charge < -0.3 is 20.1 Å². The van der Waals surface area contributed by atoms with Gasteiger partial charge >= 0.3 is 0 Å². The van der Waals surface area contributed by atoms with Gasteiger partial charge in [0.2, 0.25) is 14.7 Å². The van der Waals surface area contributed by atoms with Crippen molar-refractivity contribution in [3.05, 3.63) is 126 Å². The lowest BCUT2D eigenvalue weighted by Gasteiger charge is -2.36. The topological polar surface area (TPSA) is 150 Å². The zero-order valence-corrected chi connectivity index (χ0v) is 28.4. The van der Waals surface area contributed by atoms with Crippen LogP contribution in [0.2, 0.25) is 0 Å². The number of carbonyl (C=O) groups excluding carboxylic acids is 2. The number of carbonyl (C=O) groups is 2. The Morgan fingerprint density at radius 2 is 1.76 bits per heavy atom. The fraction of sp³-hybridized carbons (Fsp3) is 0.200. The lowest BCUT2D eigenvalue weighted by Crippen LogP contribution is -2.66. The number of halogens is 2. The number of allylic oxidation sites excluding steroid dienone is 1. The Hall–Kier alpha value is -5.08. The van der Waals surface area contributed by atoms with Gasteiger partial charge in [0.1, 0.15) is 16.5 Å². The monoisotopic (exact) mass is 705 g/mol. The molecule has 14 heteroatoms. The number of hydrogen-bond acceptors (Lipinski definition) is 8. The summed E-state index contributed by atoms with van der Waals surface area (Å²) >= 11 is 1.27. The lowest BCUT2D eigenvalue weighted by atomic mass is 9.94. The predicted octanol–water partition coefficient (Wildman–Crippen LogP) is 5.75. The van der Waals surface area contributed by atoms with E-state index in [0.717, 1.165) is 17.3 Å². The van der Waals surface area contributed by atoms with Crippen LogP contribution >= 0.6 is 11.8 Å². The van der Waals surface area contributed by atoms with Gasteiger partial charge in [0.25, 0.3) is 11.8 Å². The minimum Gasteiger partial charge on any atom is -0.367 e. The van der Waals surface area contributed by atoms with Gasteiger partial charge in [0.05, 0.1) is 12.5 Å². The largest absolute Gasteiger partial charge is 0.367 e. The van der Waals surface area contributed by atoms with Gasteiger partial charge in [-0.25, -0.2) is 22.2 Å². The van der Waals surface area contributed by atoms with Crippen molar-refractivity contribution in [2.75, 3.05) is 12.0 Å². The lowest BCUT2D eigenvalue weighted by molar-refractivity contribution is -0.122. The molecule has 2 atom stereocenters. The van der Waals surface area contributed by atoms with Crippen molar-refractivity contribution in [3.8, 4) is 11.1 Å². The van der Waals surface area contributed by atoms with E-state index in [1.54, 1.807) is 49.2 Å². The average molecular weight is 706 g/mol. The van der Waals surface area contributed by atoms with Crippen molar-refractivity contribution < 1.29 is 31.3 Å². The highest BCUT2D eigenvalue weighted by Gasteiger charge is 2.56. The van der Waals surface area contributed by atoms with E-state index in [4.69, 9.17) is 10.3 Å². The van der Waals surface area contributed by atoms with E-state index in [0.29, 0.717) is 23.2 Å². The summed E-state index contributed by atoms with van der Waals surface area (Å²) in [5.41, 5.74) is 8.78. The minimum absolute atomic E-state index is 0.000849. The van der Waals surface area contributed by atoms with E-state index in [1.807, 2.05) is 10.6 Å². The number of nitrogens with zero attached hydrogens (tertiary/aromatic N) is 3. The number of primary amides is 1. The summed E-state index contributed by atoms with van der Waals surface area (Å²) in [6.45, 7) is 3.26. The molecular formula is C35H33F2N5O5S2. The fourth-order valence-corrected chi connectivity index (χ4v) is 8.50. The Morgan fingerprint density at radius 3 is 2.33 bits per heavy atom. The molecule has 2 heterocycles. The van der Waals surface area contributed by atoms with Crippen LogP contribution in [0.5, 0.6) is 0 Å². The first-order chi connectivity index (χ1) is 23.4. The summed E-state index contributed by atoms with van der Waals surface area (Å²) < 4.78 is 63.1. The SMILES string of the molecule is CSCC(C)[C@@](NC(=O)c1ccc(/C=C(\Cn2ccnc2)c2ccc(F)cc2)cc1-c1ccc(F)cc1)(C(N)=O)S(=O)(=O)c1cnoc1C. The molecule has 1 unspecified atom stereocenters. The Morgan fingerprint density at radius 1 is 1.08 bits per heavy atom. The first-order valence-corrected chi connectivity index (χ1v) is 17.8. The molecule has 3 N–H and O–H groups in total. The summed E-state index contributed by atoms with van der Waals surface area (Å²) in [6.07, 6.45) is 9.62. The van der Waals surface area contributed by atoms with Gasteiger partial charge in [0.15, 0.2) is 5.76 Å². The van der Waals surface area contributed by atoms with Gasteiger partial charge in [0, 0.05) is 30.4 Å². The van der Waals surface area contributed by atoms with Crippen molar-refractivity contribution in [3.63, 3.8) is 0 Å². The molecule has 0 bridgehead atoms. The molecule has 0 saturated heterocycles. The van der Waals surface area contributed by atoms with Crippen LogP contribution in [0, 0.1) is 24.5 Å². The van der Waals surface area contributed by atoms with Crippen LogP contribution in [0.25, 0.3) is 22.8 Å². The number of nitrogens with two attached hydrogens (primary N) is 1. The second kappa shape index (κ2) is 14.6. The third kappa shape index (κ3) is 7.20. The van der Waals surface area contributed by atoms with Crippen molar-refractivity contribution in [1.29, 1.82) is 0 Å². The Kier molecular flexibility index (Phi) is 10.5. The van der Waals surface area contributed by atoms with Crippen LogP contribution in [-0.4, -0.2) is 51.8 Å². The number of benzene rings is 3. The summed E-state index contributed by atoms with van der Waals surface area (Å²) in [5, 5.41) is 6.07. The van der Waals surface area contributed by atoms with Crippen LogP contribution in [-0.2, 0) is 21.2 Å². The highest BCUT2D eigenvalue weighted by molar-refractivity contribution is 7.98. The summed E-state index contributed by atoms with van der Waals surface area (Å²) in [6, 6.07) is 16.3. The van der Waals surface area contributed by atoms with Crippen LogP contribution < -0.4 is 11.1 Å². The van der Waals surface area contributed by atoms with Gasteiger partial charge in [-0.15, -0.1) is 0 Å². The summed E-state index contributed by atoms with van der Waals surface area (Å²) in [7, 11) is -4.71. The number of nitrogens with one attached hydrogen (secondary N) is 1. The number of amides is 2. The molecule has 5 aromatic rings. The molecule has 0 radical (unpaired) electrons. The van der Waals surface area contributed by atoms with Gasteiger partial charge in [-0.1, -0.05) is 42.4 Å². The van der Waals surface area contributed by atoms with Crippen molar-refractivity contribution in [2.45, 2.75) is 30.2 Å². The maximum atomic E-state index is 14.3. The number of hydrogen-bond donors (Lipinski definition) is 2. The van der Waals surface area contributed by atoms with E-state index >= 15 is 0 Å². The third-order valence-corrected chi connectivity index (χ3v) is 11.5. The number of aryl methyl sites for hydroxylation is 1. The van der Waals surface area contributed by atoms with Crippen LogP contribution in [0.15, 0.2) is 101 Å². The molecule has 3 aromatic carbocycles. The summed E-state index contributed by atoms with van der Waals surface area (Å²) in [4.78, 5) is 28.7. The van der Waals surface area contributed by atoms with E-state index in [9.17, 15) is 26.8 Å². The fourth-order valence-electron chi connectivity index (χ4n) is 5.60. The molecule has 5 rings (SSSR count). The van der Waals surface area contributed by atoms with Gasteiger partial charge in [-0.2, -0.15) is 11.8 Å². The maximum Gasteiger partial charge on any atom is 0.259 e. The standard InChI is InChI=1S/C35H33F2N5O5S2/c1-22(20-48-3)35(34(38)44,49(45,46)32-18-40-47-23(32)2)41-33(43)30-13-4-24(17-31(30)26-7-11-29(37)12-8-26)16-27(19-42-15-14-39-21-42)25-5-9-28(36)10-6-25/h4-18,21-22H,19-20H2,1-3H3,(H2,38,44)(H,41,43)/b27-16+/t22?,35-/m0/s1. The van der Waals surface area contributed by atoms with Gasteiger partial charge in [-0.3, -0.25) is 9.59 Å². The molecule has 0 spiro atoms. The highest BCUT2D eigenvalue weighted by Crippen LogP contribution is 2.35. The second-order valence-corrected chi connectivity index (χ2v) is 14.4. The van der Waals surface area contributed by atoms with Crippen molar-refractivity contribution >= 4 is 45.1 Å². The van der Waals surface area contributed by atoms with Crippen LogP contribution in [0.1, 0.15) is 34.2 Å². The van der Waals surface area contributed by atoms with E-state index < -0.39 is 38.3 Å². The highest BCUT2D eigenvalue weighted by atomic mass is 32.2. The minimum atomic E-state index is -4.71. The first kappa shape index (κ1) is 35.2. The zero-order chi connectivity index (χ0) is 35.3. The molecule has 0 fully saturated rings. The third-order valence-electron chi connectivity index (χ3n) is 8.11. The van der Waals surface area contributed by atoms with E-state index in [-0.39, 0.29) is 27.8 Å². The van der Waals surface area contributed by atoms with Gasteiger partial charge in [-0.05, 0) is 89.2 Å². The molecular weight excluding hydrogens is 673 g/mol. The molecule has 2 amide bonds. The molecule has 49 heavy (non-hydrogen) atoms.